The Bertz CT molecular complexity index is 1840. The van der Waals surface area contributed by atoms with E-state index in [9.17, 15) is 20.4 Å². The van der Waals surface area contributed by atoms with E-state index in [0.717, 1.165) is 46.2 Å². The molecule has 6 fully saturated rings. The average Bonchev–Trinajstić information content (AvgIpc) is 3.97. The van der Waals surface area contributed by atoms with Crippen molar-refractivity contribution in [2.24, 2.45) is 10.8 Å². The molecule has 8 bridgehead atoms. The maximum atomic E-state index is 13.1. The summed E-state index contributed by atoms with van der Waals surface area (Å²) in [5.41, 5.74) is -3.98. The zero-order valence-electron chi connectivity index (χ0n) is 38.7. The molecule has 4 N–H and O–H groups in total. The molecular weight excluding hydrogens is 761 g/mol. The van der Waals surface area contributed by atoms with Gasteiger partial charge in [-0.1, -0.05) is 121 Å². The van der Waals surface area contributed by atoms with E-state index in [4.69, 9.17) is 28.4 Å². The first-order valence-corrected chi connectivity index (χ1v) is 22.7. The molecule has 2 saturated carbocycles. The van der Waals surface area contributed by atoms with Crippen molar-refractivity contribution >= 4 is 0 Å². The molecule has 4 heterocycles. The molecule has 10 heteroatoms. The highest BCUT2D eigenvalue weighted by molar-refractivity contribution is 5.55. The Morgan fingerprint density at radius 1 is 0.500 bits per heavy atom. The fourth-order valence-corrected chi connectivity index (χ4v) is 11.9. The molecule has 60 heavy (non-hydrogen) atoms. The molecular formula is C50H72O10. The minimum atomic E-state index is -1.43. The Morgan fingerprint density at radius 3 is 0.950 bits per heavy atom. The van der Waals surface area contributed by atoms with Crippen LogP contribution in [0.5, 0.6) is 11.5 Å². The third-order valence-corrected chi connectivity index (χ3v) is 15.7. The molecule has 4 spiro atoms. The highest BCUT2D eigenvalue weighted by Crippen LogP contribution is 2.72. The van der Waals surface area contributed by atoms with Crippen molar-refractivity contribution in [3.63, 3.8) is 0 Å². The molecule has 2 aromatic rings. The first kappa shape index (κ1) is 43.0. The Hall–Kier alpha value is -2.28. The van der Waals surface area contributed by atoms with E-state index in [-0.39, 0.29) is 36.5 Å². The highest BCUT2D eigenvalue weighted by Gasteiger charge is 2.91. The lowest BCUT2D eigenvalue weighted by Gasteiger charge is -2.45. The number of benzene rings is 2. The lowest BCUT2D eigenvalue weighted by Crippen LogP contribution is -2.65. The van der Waals surface area contributed by atoms with E-state index >= 15 is 0 Å². The van der Waals surface area contributed by atoms with Gasteiger partial charge in [0, 0.05) is 25.7 Å². The molecule has 3 aliphatic carbocycles. The van der Waals surface area contributed by atoms with Gasteiger partial charge >= 0.3 is 0 Å². The van der Waals surface area contributed by atoms with E-state index in [0.29, 0.717) is 24.7 Å². The highest BCUT2D eigenvalue weighted by atomic mass is 16.7. The van der Waals surface area contributed by atoms with Crippen LogP contribution >= 0.6 is 0 Å². The van der Waals surface area contributed by atoms with Crippen molar-refractivity contribution in [1.29, 1.82) is 0 Å². The average molecular weight is 833 g/mol. The summed E-state index contributed by atoms with van der Waals surface area (Å²) >= 11 is 0. The number of hydrogen-bond donors (Lipinski definition) is 4. The van der Waals surface area contributed by atoms with Gasteiger partial charge in [0.2, 0.25) is 0 Å². The van der Waals surface area contributed by atoms with Gasteiger partial charge in [-0.3, -0.25) is 0 Å². The summed E-state index contributed by atoms with van der Waals surface area (Å²) < 4.78 is 40.8. The molecule has 0 radical (unpaired) electrons. The van der Waals surface area contributed by atoms with E-state index in [1.54, 1.807) is 0 Å². The van der Waals surface area contributed by atoms with Crippen molar-refractivity contribution in [2.75, 3.05) is 13.2 Å². The summed E-state index contributed by atoms with van der Waals surface area (Å²) in [5, 5.41) is 52.2. The predicted molar refractivity (Wildman–Crippen MR) is 228 cm³/mol. The van der Waals surface area contributed by atoms with Crippen LogP contribution in [0.25, 0.3) is 0 Å². The lowest BCUT2D eigenvalue weighted by atomic mass is 9.58. The van der Waals surface area contributed by atoms with E-state index in [1.807, 2.05) is 41.5 Å². The summed E-state index contributed by atoms with van der Waals surface area (Å²) in [5.74, 6) is 1.33. The number of aliphatic hydroxyl groups is 4. The zero-order valence-corrected chi connectivity index (χ0v) is 38.7. The van der Waals surface area contributed by atoms with Gasteiger partial charge in [0.15, 0.2) is 0 Å². The van der Waals surface area contributed by atoms with Crippen molar-refractivity contribution in [3.05, 3.63) is 57.6 Å². The van der Waals surface area contributed by atoms with Crippen LogP contribution in [0, 0.1) is 10.8 Å². The normalized spacial score (nSPS) is 41.3. The number of hydrogen-bond acceptors (Lipinski definition) is 10. The SMILES string of the molecule is CCCOc1c2cc(C(C)(C)C)cc1CC13OC1C(O)(C(C)(C)C)C1OC1(Cc1cc(C(C)(C)C)cc(c1OCCC)CC14OC1C(O)(C(C)(C)C)C1OC1(C2)C4O)C3O. The smallest absolute Gasteiger partial charge is 0.131 e. The van der Waals surface area contributed by atoms with Crippen LogP contribution in [0.4, 0.5) is 0 Å². The Labute approximate surface area is 357 Å². The van der Waals surface area contributed by atoms with Crippen LogP contribution in [0.3, 0.4) is 0 Å². The summed E-state index contributed by atoms with van der Waals surface area (Å²) in [4.78, 5) is 0. The number of aliphatic hydroxyl groups excluding tert-OH is 2. The van der Waals surface area contributed by atoms with Crippen molar-refractivity contribution in [1.82, 2.24) is 0 Å². The number of ether oxygens (including phenoxy) is 6. The van der Waals surface area contributed by atoms with E-state index in [2.05, 4.69) is 79.7 Å². The van der Waals surface area contributed by atoms with Gasteiger partial charge in [0.05, 0.1) is 13.2 Å². The zero-order chi connectivity index (χ0) is 43.8. The van der Waals surface area contributed by atoms with Gasteiger partial charge in [-0.25, -0.2) is 0 Å². The van der Waals surface area contributed by atoms with Crippen molar-refractivity contribution in [2.45, 2.75) is 217 Å². The van der Waals surface area contributed by atoms with Gasteiger partial charge in [-0.2, -0.15) is 0 Å². The van der Waals surface area contributed by atoms with Gasteiger partial charge in [-0.05, 0) is 67.9 Å². The number of fused-ring (bicyclic) bond motifs is 4. The van der Waals surface area contributed by atoms with Crippen LogP contribution in [0.15, 0.2) is 24.3 Å². The van der Waals surface area contributed by atoms with Crippen LogP contribution in [-0.4, -0.2) is 104 Å². The lowest BCUT2D eigenvalue weighted by molar-refractivity contribution is -0.103. The minimum Gasteiger partial charge on any atom is -0.493 e. The Morgan fingerprint density at radius 2 is 0.750 bits per heavy atom. The second-order valence-corrected chi connectivity index (χ2v) is 23.9. The van der Waals surface area contributed by atoms with E-state index in [1.165, 1.54) is 0 Å². The second-order valence-electron chi connectivity index (χ2n) is 23.9. The molecule has 7 aliphatic rings. The van der Waals surface area contributed by atoms with E-state index < -0.39 is 81.1 Å². The van der Waals surface area contributed by atoms with Crippen molar-refractivity contribution in [3.8, 4) is 11.5 Å². The molecule has 0 amide bonds. The van der Waals surface area contributed by atoms with Gasteiger partial charge in [0.25, 0.3) is 0 Å². The monoisotopic (exact) mass is 833 g/mol. The van der Waals surface area contributed by atoms with Crippen LogP contribution in [-0.2, 0) is 55.5 Å². The maximum Gasteiger partial charge on any atom is 0.131 e. The fourth-order valence-electron chi connectivity index (χ4n) is 11.9. The van der Waals surface area contributed by atoms with Gasteiger partial charge < -0.3 is 48.8 Å². The molecule has 10 nitrogen and oxygen atoms in total. The van der Waals surface area contributed by atoms with Crippen LogP contribution in [0.2, 0.25) is 0 Å². The third kappa shape index (κ3) is 5.66. The minimum absolute atomic E-state index is 0.262. The molecule has 8 unspecified atom stereocenters. The standard InChI is InChI=1S/C50H72O10/c1-15-17-55-33-27-19-31(41(3,4)5)20-28(33)24-46-36(52)48(40(60-48)50(54,38(46)58-46)44(12,13)14)26-30-22-32(42(6,7)8)21-29(34(30)56-18-16-2)25-47-35(51)45(23-27)37(57-45)49(53,39(47)59-47)43(9,10)11/h19-22,35-40,51-54H,15-18,23-26H2,1-14H3. The quantitative estimate of drug-likeness (QED) is 0.235. The molecule has 8 atom stereocenters. The van der Waals surface area contributed by atoms with Crippen LogP contribution in [0.1, 0.15) is 143 Å². The molecule has 2 aromatic carbocycles. The number of rotatable bonds is 6. The van der Waals surface area contributed by atoms with Gasteiger partial charge in [0.1, 0.15) is 81.7 Å². The fraction of sp³-hybridized carbons (Fsp3) is 0.760. The summed E-state index contributed by atoms with van der Waals surface area (Å²) in [6, 6.07) is 8.68. The van der Waals surface area contributed by atoms with Crippen LogP contribution < -0.4 is 9.47 Å². The predicted octanol–water partition coefficient (Wildman–Crippen LogP) is 6.60. The Kier molecular flexibility index (Phi) is 9.11. The first-order chi connectivity index (χ1) is 27.6. The van der Waals surface area contributed by atoms with Gasteiger partial charge in [-0.15, -0.1) is 0 Å². The number of epoxide rings is 4. The summed E-state index contributed by atoms with van der Waals surface area (Å²) in [6.45, 7) is 30.2. The van der Waals surface area contributed by atoms with Crippen molar-refractivity contribution < 1.29 is 48.8 Å². The molecule has 0 aromatic heterocycles. The second kappa shape index (κ2) is 12.7. The largest absolute Gasteiger partial charge is 0.493 e. The maximum absolute atomic E-state index is 13.1. The topological polar surface area (TPSA) is 150 Å². The first-order valence-electron chi connectivity index (χ1n) is 22.7. The third-order valence-electron chi connectivity index (χ3n) is 15.7. The molecule has 4 aliphatic heterocycles. The molecule has 332 valence electrons. The summed E-state index contributed by atoms with van der Waals surface area (Å²) in [6.07, 6.45) is -2.41. The molecule has 9 rings (SSSR count). The Balaban J connectivity index is 1.33. The summed E-state index contributed by atoms with van der Waals surface area (Å²) in [7, 11) is 0. The molecule has 4 saturated heterocycles.